The molecule has 2 aliphatic carbocycles. The van der Waals surface area contributed by atoms with Crippen LogP contribution >= 0.6 is 11.8 Å². The molecule has 18 heavy (non-hydrogen) atoms. The molecule has 1 heterocycles. The van der Waals surface area contributed by atoms with Gasteiger partial charge in [-0.25, -0.2) is 0 Å². The summed E-state index contributed by atoms with van der Waals surface area (Å²) >= 11 is 1.61. The van der Waals surface area contributed by atoms with Gasteiger partial charge in [-0.05, 0) is 25.7 Å². The van der Waals surface area contributed by atoms with Crippen molar-refractivity contribution in [2.75, 3.05) is 12.9 Å². The summed E-state index contributed by atoms with van der Waals surface area (Å²) in [5.41, 5.74) is 0. The van der Waals surface area contributed by atoms with Gasteiger partial charge in [0.25, 0.3) is 0 Å². The molecule has 5 nitrogen and oxygen atoms in total. The summed E-state index contributed by atoms with van der Waals surface area (Å²) in [6, 6.07) is 0.608. The number of hydrogen-bond donors (Lipinski definition) is 0. The molecule has 0 amide bonds. The third-order valence-electron chi connectivity index (χ3n) is 3.31. The van der Waals surface area contributed by atoms with Gasteiger partial charge in [-0.3, -0.25) is 4.79 Å². The number of esters is 1. The first-order chi connectivity index (χ1) is 8.79. The van der Waals surface area contributed by atoms with Gasteiger partial charge in [-0.15, -0.1) is 10.2 Å². The van der Waals surface area contributed by atoms with Crippen molar-refractivity contribution in [3.8, 4) is 0 Å². The molecule has 0 spiro atoms. The number of rotatable bonds is 6. The van der Waals surface area contributed by atoms with Crippen molar-refractivity contribution in [2.24, 2.45) is 0 Å². The molecule has 0 saturated heterocycles. The summed E-state index contributed by atoms with van der Waals surface area (Å²) in [4.78, 5) is 11.1. The third kappa shape index (κ3) is 2.53. The average molecular weight is 267 g/mol. The second kappa shape index (κ2) is 4.91. The Morgan fingerprint density at radius 3 is 2.78 bits per heavy atom. The van der Waals surface area contributed by atoms with E-state index in [1.54, 1.807) is 11.8 Å². The third-order valence-corrected chi connectivity index (χ3v) is 4.26. The van der Waals surface area contributed by atoms with E-state index >= 15 is 0 Å². The number of carbonyl (C=O) groups excluding carboxylic acids is 1. The molecular weight excluding hydrogens is 250 g/mol. The molecule has 1 aromatic heterocycles. The minimum absolute atomic E-state index is 0.164. The Kier molecular flexibility index (Phi) is 3.28. The molecule has 2 aliphatic rings. The SMILES string of the molecule is COC(=O)CCSc1nnc(C2CC2)n1C1CC1. The smallest absolute Gasteiger partial charge is 0.306 e. The maximum Gasteiger partial charge on any atom is 0.306 e. The van der Waals surface area contributed by atoms with Gasteiger partial charge in [0.05, 0.1) is 13.5 Å². The molecule has 0 bridgehead atoms. The molecule has 2 fully saturated rings. The van der Waals surface area contributed by atoms with E-state index < -0.39 is 0 Å². The van der Waals surface area contributed by atoms with Gasteiger partial charge in [-0.2, -0.15) is 0 Å². The van der Waals surface area contributed by atoms with Crippen molar-refractivity contribution >= 4 is 17.7 Å². The van der Waals surface area contributed by atoms with Crippen LogP contribution in [0.25, 0.3) is 0 Å². The number of thioether (sulfide) groups is 1. The Morgan fingerprint density at radius 2 is 2.17 bits per heavy atom. The van der Waals surface area contributed by atoms with E-state index in [0.717, 1.165) is 11.0 Å². The van der Waals surface area contributed by atoms with Gasteiger partial charge in [-0.1, -0.05) is 11.8 Å². The standard InChI is InChI=1S/C12H17N3O2S/c1-17-10(16)6-7-18-12-14-13-11(8-2-3-8)15(12)9-4-5-9/h8-9H,2-7H2,1H3. The van der Waals surface area contributed by atoms with Crippen LogP contribution in [0.2, 0.25) is 0 Å². The zero-order valence-electron chi connectivity index (χ0n) is 10.5. The van der Waals surface area contributed by atoms with Crippen molar-refractivity contribution in [1.82, 2.24) is 14.8 Å². The normalized spacial score (nSPS) is 18.9. The van der Waals surface area contributed by atoms with Crippen LogP contribution in [0.4, 0.5) is 0 Å². The van der Waals surface area contributed by atoms with Crippen LogP contribution in [-0.2, 0) is 9.53 Å². The Bertz CT molecular complexity index is 452. The van der Waals surface area contributed by atoms with Crippen molar-refractivity contribution < 1.29 is 9.53 Å². The first kappa shape index (κ1) is 12.0. The van der Waals surface area contributed by atoms with Crippen LogP contribution in [0.1, 0.15) is 49.9 Å². The first-order valence-electron chi connectivity index (χ1n) is 6.44. The van der Waals surface area contributed by atoms with E-state index in [1.807, 2.05) is 0 Å². The highest BCUT2D eigenvalue weighted by Gasteiger charge is 2.36. The molecule has 6 heteroatoms. The highest BCUT2D eigenvalue weighted by atomic mass is 32.2. The molecule has 0 aliphatic heterocycles. The summed E-state index contributed by atoms with van der Waals surface area (Å²) in [7, 11) is 1.42. The highest BCUT2D eigenvalue weighted by Crippen LogP contribution is 2.45. The quantitative estimate of drug-likeness (QED) is 0.584. The van der Waals surface area contributed by atoms with E-state index in [4.69, 9.17) is 0 Å². The van der Waals surface area contributed by atoms with E-state index in [0.29, 0.717) is 24.1 Å². The number of nitrogens with zero attached hydrogens (tertiary/aromatic N) is 3. The monoisotopic (exact) mass is 267 g/mol. The Morgan fingerprint density at radius 1 is 1.39 bits per heavy atom. The fourth-order valence-corrected chi connectivity index (χ4v) is 2.94. The summed E-state index contributed by atoms with van der Waals surface area (Å²) in [5, 5.41) is 9.59. The number of methoxy groups -OCH3 is 1. The van der Waals surface area contributed by atoms with Crippen molar-refractivity contribution in [3.63, 3.8) is 0 Å². The molecule has 98 valence electrons. The average Bonchev–Trinajstić information content (AvgIpc) is 3.28. The minimum atomic E-state index is -0.164. The van der Waals surface area contributed by atoms with Gasteiger partial charge in [0.1, 0.15) is 5.82 Å². The molecule has 0 N–H and O–H groups in total. The second-order valence-electron chi connectivity index (χ2n) is 4.89. The molecule has 1 aromatic rings. The van der Waals surface area contributed by atoms with Gasteiger partial charge in [0, 0.05) is 17.7 Å². The van der Waals surface area contributed by atoms with Crippen LogP contribution in [0.5, 0.6) is 0 Å². The van der Waals surface area contributed by atoms with Gasteiger partial charge in [0.15, 0.2) is 5.16 Å². The summed E-state index contributed by atoms with van der Waals surface area (Å²) in [5.74, 6) is 2.34. The van der Waals surface area contributed by atoms with Gasteiger partial charge >= 0.3 is 5.97 Å². The van der Waals surface area contributed by atoms with Crippen molar-refractivity contribution in [2.45, 2.75) is 49.2 Å². The lowest BCUT2D eigenvalue weighted by Gasteiger charge is -2.07. The Hall–Kier alpha value is -1.04. The summed E-state index contributed by atoms with van der Waals surface area (Å²) < 4.78 is 6.94. The van der Waals surface area contributed by atoms with Crippen LogP contribution in [0.3, 0.4) is 0 Å². The topological polar surface area (TPSA) is 57.0 Å². The minimum Gasteiger partial charge on any atom is -0.469 e. The van der Waals surface area contributed by atoms with Gasteiger partial charge < -0.3 is 9.30 Å². The first-order valence-corrected chi connectivity index (χ1v) is 7.42. The fourth-order valence-electron chi connectivity index (χ4n) is 2.01. The molecule has 0 aromatic carbocycles. The molecule has 0 atom stereocenters. The highest BCUT2D eigenvalue weighted by molar-refractivity contribution is 7.99. The fraction of sp³-hybridized carbons (Fsp3) is 0.750. The lowest BCUT2D eigenvalue weighted by atomic mass is 10.4. The Labute approximate surface area is 110 Å². The molecule has 0 unspecified atom stereocenters. The lowest BCUT2D eigenvalue weighted by Crippen LogP contribution is -2.04. The van der Waals surface area contributed by atoms with E-state index in [9.17, 15) is 4.79 Å². The second-order valence-corrected chi connectivity index (χ2v) is 5.95. The van der Waals surface area contributed by atoms with Crippen molar-refractivity contribution in [3.05, 3.63) is 5.82 Å². The lowest BCUT2D eigenvalue weighted by molar-refractivity contribution is -0.140. The Balaban J connectivity index is 1.65. The predicted octanol–water partition coefficient (Wildman–Crippen LogP) is 2.15. The van der Waals surface area contributed by atoms with E-state index in [-0.39, 0.29) is 5.97 Å². The van der Waals surface area contributed by atoms with Crippen LogP contribution in [-0.4, -0.2) is 33.6 Å². The van der Waals surface area contributed by atoms with E-state index in [1.165, 1.54) is 32.8 Å². The number of ether oxygens (including phenoxy) is 1. The number of aromatic nitrogens is 3. The number of hydrogen-bond acceptors (Lipinski definition) is 5. The molecule has 3 rings (SSSR count). The van der Waals surface area contributed by atoms with Crippen molar-refractivity contribution in [1.29, 1.82) is 0 Å². The maximum absolute atomic E-state index is 11.1. The largest absolute Gasteiger partial charge is 0.469 e. The van der Waals surface area contributed by atoms with E-state index in [2.05, 4.69) is 19.5 Å². The zero-order chi connectivity index (χ0) is 12.5. The number of carbonyl (C=O) groups is 1. The molecule has 0 radical (unpaired) electrons. The van der Waals surface area contributed by atoms with Crippen LogP contribution < -0.4 is 0 Å². The summed E-state index contributed by atoms with van der Waals surface area (Å²) in [6.07, 6.45) is 5.40. The van der Waals surface area contributed by atoms with Crippen LogP contribution in [0.15, 0.2) is 5.16 Å². The summed E-state index contributed by atoms with van der Waals surface area (Å²) in [6.45, 7) is 0. The molecular formula is C12H17N3O2S. The van der Waals surface area contributed by atoms with Gasteiger partial charge in [0.2, 0.25) is 0 Å². The van der Waals surface area contributed by atoms with Crippen LogP contribution in [0, 0.1) is 0 Å². The predicted molar refractivity (Wildman–Crippen MR) is 67.6 cm³/mol. The zero-order valence-corrected chi connectivity index (χ0v) is 11.3. The molecule has 2 saturated carbocycles. The maximum atomic E-state index is 11.1.